The van der Waals surface area contributed by atoms with Crippen molar-refractivity contribution in [3.63, 3.8) is 0 Å². The molecule has 0 spiro atoms. The van der Waals surface area contributed by atoms with Crippen molar-refractivity contribution in [2.75, 3.05) is 0 Å². The summed E-state index contributed by atoms with van der Waals surface area (Å²) in [5.41, 5.74) is 2.10. The topological polar surface area (TPSA) is 12.4 Å². The van der Waals surface area contributed by atoms with E-state index in [0.29, 0.717) is 6.04 Å². The Hall–Kier alpha value is -1.37. The Balaban J connectivity index is 2.98. The van der Waals surface area contributed by atoms with Crippen molar-refractivity contribution in [2.45, 2.75) is 19.9 Å². The SMILES string of the molecule is C=CC(=NC(C)C)c1ccccc1. The third kappa shape index (κ3) is 2.86. The largest absolute Gasteiger partial charge is 0.282 e. The minimum absolute atomic E-state index is 0.313. The molecule has 0 bridgehead atoms. The Morgan fingerprint density at radius 1 is 1.31 bits per heavy atom. The maximum atomic E-state index is 4.46. The van der Waals surface area contributed by atoms with E-state index in [1.54, 1.807) is 6.08 Å². The standard InChI is InChI=1S/C12H15N/c1-4-12(13-10(2)3)11-8-6-5-7-9-11/h4-10H,1H2,2-3H3. The van der Waals surface area contributed by atoms with E-state index in [1.807, 2.05) is 30.3 Å². The second-order valence-corrected chi connectivity index (χ2v) is 3.18. The van der Waals surface area contributed by atoms with E-state index in [9.17, 15) is 0 Å². The lowest BCUT2D eigenvalue weighted by Gasteiger charge is -2.03. The zero-order valence-corrected chi connectivity index (χ0v) is 8.20. The number of benzene rings is 1. The fourth-order valence-electron chi connectivity index (χ4n) is 1.13. The van der Waals surface area contributed by atoms with Gasteiger partial charge in [-0.3, -0.25) is 4.99 Å². The maximum Gasteiger partial charge on any atom is 0.0643 e. The summed E-state index contributed by atoms with van der Waals surface area (Å²) in [7, 11) is 0. The molecule has 1 heteroatoms. The van der Waals surface area contributed by atoms with Gasteiger partial charge in [-0.05, 0) is 25.5 Å². The summed E-state index contributed by atoms with van der Waals surface area (Å²) in [5, 5.41) is 0. The summed E-state index contributed by atoms with van der Waals surface area (Å²) < 4.78 is 0. The Morgan fingerprint density at radius 2 is 1.92 bits per heavy atom. The predicted molar refractivity (Wildman–Crippen MR) is 58.3 cm³/mol. The number of hydrogen-bond donors (Lipinski definition) is 0. The van der Waals surface area contributed by atoms with Crippen LogP contribution in [0.1, 0.15) is 19.4 Å². The first kappa shape index (κ1) is 9.72. The highest BCUT2D eigenvalue weighted by Crippen LogP contribution is 2.03. The van der Waals surface area contributed by atoms with Crippen LogP contribution in [-0.4, -0.2) is 11.8 Å². The lowest BCUT2D eigenvalue weighted by Crippen LogP contribution is -2.00. The number of aliphatic imine (C=N–C) groups is 1. The summed E-state index contributed by atoms with van der Waals surface area (Å²) in [6.45, 7) is 7.88. The molecule has 1 nitrogen and oxygen atoms in total. The lowest BCUT2D eigenvalue weighted by molar-refractivity contribution is 0.837. The molecule has 0 saturated carbocycles. The van der Waals surface area contributed by atoms with Gasteiger partial charge in [-0.2, -0.15) is 0 Å². The molecule has 0 N–H and O–H groups in total. The average molecular weight is 173 g/mol. The zero-order valence-electron chi connectivity index (χ0n) is 8.20. The quantitative estimate of drug-likeness (QED) is 0.623. The molecule has 0 amide bonds. The first-order valence-electron chi connectivity index (χ1n) is 4.49. The minimum atomic E-state index is 0.313. The third-order valence-electron chi connectivity index (χ3n) is 1.66. The molecule has 68 valence electrons. The number of hydrogen-bond acceptors (Lipinski definition) is 1. The molecule has 0 aliphatic carbocycles. The highest BCUT2D eigenvalue weighted by Gasteiger charge is 1.97. The average Bonchev–Trinajstić information content (AvgIpc) is 2.15. The van der Waals surface area contributed by atoms with Crippen LogP contribution in [0.25, 0.3) is 0 Å². The third-order valence-corrected chi connectivity index (χ3v) is 1.66. The van der Waals surface area contributed by atoms with E-state index in [1.165, 1.54) is 0 Å². The molecule has 13 heavy (non-hydrogen) atoms. The first-order valence-corrected chi connectivity index (χ1v) is 4.49. The van der Waals surface area contributed by atoms with Crippen LogP contribution in [0.3, 0.4) is 0 Å². The van der Waals surface area contributed by atoms with Crippen LogP contribution < -0.4 is 0 Å². The second kappa shape index (κ2) is 4.61. The van der Waals surface area contributed by atoms with E-state index in [-0.39, 0.29) is 0 Å². The molecule has 1 rings (SSSR count). The van der Waals surface area contributed by atoms with Crippen molar-refractivity contribution in [1.29, 1.82) is 0 Å². The Morgan fingerprint density at radius 3 is 2.38 bits per heavy atom. The van der Waals surface area contributed by atoms with Crippen LogP contribution in [-0.2, 0) is 0 Å². The van der Waals surface area contributed by atoms with E-state index >= 15 is 0 Å². The Kier molecular flexibility index (Phi) is 3.44. The molecule has 0 saturated heterocycles. The molecule has 0 heterocycles. The molecular weight excluding hydrogens is 158 g/mol. The van der Waals surface area contributed by atoms with E-state index in [4.69, 9.17) is 0 Å². The van der Waals surface area contributed by atoms with Gasteiger partial charge in [-0.15, -0.1) is 0 Å². The van der Waals surface area contributed by atoms with Gasteiger partial charge in [0, 0.05) is 6.04 Å². The minimum Gasteiger partial charge on any atom is -0.282 e. The van der Waals surface area contributed by atoms with E-state index < -0.39 is 0 Å². The molecule has 1 aromatic rings. The molecule has 1 aromatic carbocycles. The van der Waals surface area contributed by atoms with Gasteiger partial charge < -0.3 is 0 Å². The van der Waals surface area contributed by atoms with E-state index in [0.717, 1.165) is 11.3 Å². The lowest BCUT2D eigenvalue weighted by atomic mass is 10.1. The van der Waals surface area contributed by atoms with Gasteiger partial charge in [-0.1, -0.05) is 36.9 Å². The predicted octanol–water partition coefficient (Wildman–Crippen LogP) is 3.07. The molecule has 0 unspecified atom stereocenters. The Labute approximate surface area is 79.8 Å². The fourth-order valence-corrected chi connectivity index (χ4v) is 1.13. The molecule has 0 radical (unpaired) electrons. The van der Waals surface area contributed by atoms with Crippen LogP contribution in [0, 0.1) is 0 Å². The van der Waals surface area contributed by atoms with Gasteiger partial charge in [0.15, 0.2) is 0 Å². The van der Waals surface area contributed by atoms with Crippen LogP contribution in [0.4, 0.5) is 0 Å². The number of rotatable bonds is 3. The summed E-state index contributed by atoms with van der Waals surface area (Å²) in [6.07, 6.45) is 1.80. The van der Waals surface area contributed by atoms with Gasteiger partial charge in [0.25, 0.3) is 0 Å². The van der Waals surface area contributed by atoms with Crippen molar-refractivity contribution >= 4 is 5.71 Å². The Bertz CT molecular complexity index is 296. The zero-order chi connectivity index (χ0) is 9.68. The van der Waals surface area contributed by atoms with Crippen LogP contribution >= 0.6 is 0 Å². The molecule has 0 aliphatic heterocycles. The van der Waals surface area contributed by atoms with Gasteiger partial charge in [0.1, 0.15) is 0 Å². The van der Waals surface area contributed by atoms with Crippen molar-refractivity contribution in [3.05, 3.63) is 48.6 Å². The molecule has 0 atom stereocenters. The monoisotopic (exact) mass is 173 g/mol. The van der Waals surface area contributed by atoms with Crippen LogP contribution in [0.2, 0.25) is 0 Å². The highest BCUT2D eigenvalue weighted by atomic mass is 14.8. The van der Waals surface area contributed by atoms with E-state index in [2.05, 4.69) is 25.4 Å². The van der Waals surface area contributed by atoms with Gasteiger partial charge >= 0.3 is 0 Å². The van der Waals surface area contributed by atoms with Crippen molar-refractivity contribution in [1.82, 2.24) is 0 Å². The second-order valence-electron chi connectivity index (χ2n) is 3.18. The van der Waals surface area contributed by atoms with Gasteiger partial charge in [-0.25, -0.2) is 0 Å². The first-order chi connectivity index (χ1) is 6.24. The summed E-state index contributed by atoms with van der Waals surface area (Å²) in [6, 6.07) is 10.4. The van der Waals surface area contributed by atoms with Crippen molar-refractivity contribution in [2.24, 2.45) is 4.99 Å². The summed E-state index contributed by atoms with van der Waals surface area (Å²) in [4.78, 5) is 4.46. The highest BCUT2D eigenvalue weighted by molar-refractivity contribution is 6.08. The smallest absolute Gasteiger partial charge is 0.0643 e. The fraction of sp³-hybridized carbons (Fsp3) is 0.250. The van der Waals surface area contributed by atoms with Gasteiger partial charge in [0.05, 0.1) is 5.71 Å². The van der Waals surface area contributed by atoms with Gasteiger partial charge in [0.2, 0.25) is 0 Å². The molecule has 0 aliphatic rings. The maximum absolute atomic E-state index is 4.46. The molecule has 0 aromatic heterocycles. The molecule has 0 fully saturated rings. The number of nitrogens with zero attached hydrogens (tertiary/aromatic N) is 1. The van der Waals surface area contributed by atoms with Crippen molar-refractivity contribution < 1.29 is 0 Å². The summed E-state index contributed by atoms with van der Waals surface area (Å²) >= 11 is 0. The molecular formula is C12H15N. The summed E-state index contributed by atoms with van der Waals surface area (Å²) in [5.74, 6) is 0. The van der Waals surface area contributed by atoms with Crippen LogP contribution in [0.15, 0.2) is 48.0 Å². The number of allylic oxidation sites excluding steroid dienone is 1. The van der Waals surface area contributed by atoms with Crippen LogP contribution in [0.5, 0.6) is 0 Å². The van der Waals surface area contributed by atoms with Crippen molar-refractivity contribution in [3.8, 4) is 0 Å². The normalized spacial score (nSPS) is 11.8.